The Morgan fingerprint density at radius 1 is 1.17 bits per heavy atom. The number of pyridine rings is 1. The largest absolute Gasteiger partial charge is 0.493 e. The number of nitriles is 1. The molecule has 1 N–H and O–H groups in total. The fourth-order valence-electron chi connectivity index (χ4n) is 5.42. The normalized spacial score (nSPS) is 18.4. The summed E-state index contributed by atoms with van der Waals surface area (Å²) < 4.78 is 24.2. The zero-order valence-electron chi connectivity index (χ0n) is 23.2. The van der Waals surface area contributed by atoms with Crippen LogP contribution in [-0.2, 0) is 4.74 Å². The Hall–Kier alpha value is -3.55. The fourth-order valence-corrected chi connectivity index (χ4v) is 5.63. The maximum atomic E-state index is 10.0. The summed E-state index contributed by atoms with van der Waals surface area (Å²) in [6.45, 7) is 6.61. The minimum Gasteiger partial charge on any atom is -0.493 e. The first-order chi connectivity index (χ1) is 20.1. The maximum Gasteiger partial charge on any atom is 0.199 e. The molecule has 2 fully saturated rings. The average Bonchev–Trinajstić information content (AvgIpc) is 3.45. The Morgan fingerprint density at radius 3 is 2.85 bits per heavy atom. The molecule has 0 radical (unpaired) electrons. The summed E-state index contributed by atoms with van der Waals surface area (Å²) in [6.07, 6.45) is 6.55. The van der Waals surface area contributed by atoms with E-state index in [9.17, 15) is 5.26 Å². The molecule has 4 aromatic rings. The van der Waals surface area contributed by atoms with Crippen molar-refractivity contribution in [2.24, 2.45) is 0 Å². The predicted molar refractivity (Wildman–Crippen MR) is 159 cm³/mol. The number of rotatable bonds is 9. The number of hydrogen-bond acceptors (Lipinski definition) is 9. The number of piperazine rings is 1. The number of likely N-dealkylation sites (N-methyl/N-ethyl adjacent to an activating group) is 1. The second-order valence-corrected chi connectivity index (χ2v) is 11.1. The van der Waals surface area contributed by atoms with Gasteiger partial charge in [-0.2, -0.15) is 5.26 Å². The molecular formula is C31H34ClN5O4. The first-order valence-electron chi connectivity index (χ1n) is 14.2. The number of furan rings is 1. The van der Waals surface area contributed by atoms with E-state index in [0.717, 1.165) is 63.8 Å². The van der Waals surface area contributed by atoms with Gasteiger partial charge in [0.1, 0.15) is 23.2 Å². The molecule has 41 heavy (non-hydrogen) atoms. The van der Waals surface area contributed by atoms with Crippen LogP contribution in [0.2, 0.25) is 5.02 Å². The van der Waals surface area contributed by atoms with E-state index >= 15 is 0 Å². The molecule has 4 heterocycles. The highest BCUT2D eigenvalue weighted by Crippen LogP contribution is 2.41. The van der Waals surface area contributed by atoms with E-state index < -0.39 is 0 Å². The van der Waals surface area contributed by atoms with Gasteiger partial charge >= 0.3 is 0 Å². The first kappa shape index (κ1) is 27.6. The molecular weight excluding hydrogens is 542 g/mol. The number of benzene rings is 2. The van der Waals surface area contributed by atoms with E-state index in [4.69, 9.17) is 30.2 Å². The molecule has 10 heteroatoms. The first-order valence-corrected chi connectivity index (χ1v) is 14.6. The third-order valence-corrected chi connectivity index (χ3v) is 7.92. The molecule has 2 aliphatic heterocycles. The van der Waals surface area contributed by atoms with E-state index in [-0.39, 0.29) is 6.29 Å². The highest BCUT2D eigenvalue weighted by molar-refractivity contribution is 6.31. The van der Waals surface area contributed by atoms with E-state index in [1.807, 2.05) is 24.3 Å². The quantitative estimate of drug-likeness (QED) is 0.235. The summed E-state index contributed by atoms with van der Waals surface area (Å²) in [5.41, 5.74) is 2.98. The van der Waals surface area contributed by atoms with Crippen LogP contribution in [0.4, 0.5) is 11.4 Å². The van der Waals surface area contributed by atoms with Gasteiger partial charge in [-0.3, -0.25) is 4.98 Å². The van der Waals surface area contributed by atoms with Crippen LogP contribution in [0.5, 0.6) is 11.5 Å². The smallest absolute Gasteiger partial charge is 0.199 e. The SMILES string of the molecule is CN1CCN(CCCOc2cc(OC3CCCCO3)c3c(Nc4cc(Cl)cc5occc45)c(C#N)cnc3c2)CC1. The summed E-state index contributed by atoms with van der Waals surface area (Å²) >= 11 is 6.40. The van der Waals surface area contributed by atoms with E-state index in [0.29, 0.717) is 63.2 Å². The van der Waals surface area contributed by atoms with Gasteiger partial charge in [0.15, 0.2) is 6.29 Å². The Kier molecular flexibility index (Phi) is 8.44. The van der Waals surface area contributed by atoms with Crippen LogP contribution >= 0.6 is 11.6 Å². The number of ether oxygens (including phenoxy) is 3. The number of halogens is 1. The molecule has 2 aromatic carbocycles. The third-order valence-electron chi connectivity index (χ3n) is 7.70. The van der Waals surface area contributed by atoms with E-state index in [2.05, 4.69) is 33.2 Å². The topological polar surface area (TPSA) is 96.0 Å². The Morgan fingerprint density at radius 2 is 2.05 bits per heavy atom. The van der Waals surface area contributed by atoms with Gasteiger partial charge in [-0.15, -0.1) is 0 Å². The lowest BCUT2D eigenvalue weighted by atomic mass is 10.1. The number of aromatic nitrogens is 1. The van der Waals surface area contributed by atoms with Crippen LogP contribution in [0.25, 0.3) is 21.9 Å². The van der Waals surface area contributed by atoms with Crippen LogP contribution in [-0.4, -0.2) is 74.1 Å². The number of anilines is 2. The van der Waals surface area contributed by atoms with Crippen molar-refractivity contribution < 1.29 is 18.6 Å². The molecule has 1 unspecified atom stereocenters. The van der Waals surface area contributed by atoms with Crippen molar-refractivity contribution in [1.82, 2.24) is 14.8 Å². The zero-order valence-corrected chi connectivity index (χ0v) is 24.0. The zero-order chi connectivity index (χ0) is 28.2. The highest BCUT2D eigenvalue weighted by atomic mass is 35.5. The molecule has 214 valence electrons. The van der Waals surface area contributed by atoms with E-state index in [1.165, 1.54) is 0 Å². The molecule has 0 amide bonds. The fraction of sp³-hybridized carbons (Fsp3) is 0.419. The van der Waals surface area contributed by atoms with Gasteiger partial charge in [0, 0.05) is 73.9 Å². The molecule has 0 bridgehead atoms. The molecule has 2 aromatic heterocycles. The van der Waals surface area contributed by atoms with Crippen molar-refractivity contribution in [1.29, 1.82) is 5.26 Å². The van der Waals surface area contributed by atoms with Crippen LogP contribution in [0.15, 0.2) is 47.2 Å². The number of hydrogen-bond donors (Lipinski definition) is 1. The van der Waals surface area contributed by atoms with Crippen molar-refractivity contribution >= 4 is 44.8 Å². The summed E-state index contributed by atoms with van der Waals surface area (Å²) in [4.78, 5) is 9.47. The molecule has 9 nitrogen and oxygen atoms in total. The molecule has 0 saturated carbocycles. The van der Waals surface area contributed by atoms with Crippen LogP contribution in [0.1, 0.15) is 31.2 Å². The van der Waals surface area contributed by atoms with Gasteiger partial charge in [-0.1, -0.05) is 11.6 Å². The van der Waals surface area contributed by atoms with Crippen molar-refractivity contribution in [2.75, 3.05) is 58.3 Å². The van der Waals surface area contributed by atoms with Crippen molar-refractivity contribution in [3.63, 3.8) is 0 Å². The summed E-state index contributed by atoms with van der Waals surface area (Å²) in [5.74, 6) is 1.23. The maximum absolute atomic E-state index is 10.0. The van der Waals surface area contributed by atoms with Gasteiger partial charge < -0.3 is 33.7 Å². The standard InChI is InChI=1S/C31H34ClN5O4/c1-36-8-10-37(11-9-36)7-4-13-38-23-17-26-30(28(18-23)41-29-5-2-3-12-40-29)31(21(19-33)20-34-26)35-25-15-22(32)16-27-24(25)6-14-39-27/h6,14-18,20,29H,2-5,7-13H2,1H3,(H,34,35). The second kappa shape index (κ2) is 12.5. The molecule has 2 saturated heterocycles. The summed E-state index contributed by atoms with van der Waals surface area (Å²) in [5, 5.41) is 15.5. The number of nitrogens with one attached hydrogen (secondary N) is 1. The average molecular weight is 576 g/mol. The lowest BCUT2D eigenvalue weighted by Crippen LogP contribution is -2.44. The molecule has 0 aliphatic carbocycles. The number of fused-ring (bicyclic) bond motifs is 2. The summed E-state index contributed by atoms with van der Waals surface area (Å²) in [6, 6.07) is 11.5. The van der Waals surface area contributed by atoms with Gasteiger partial charge in [-0.25, -0.2) is 0 Å². The lowest BCUT2D eigenvalue weighted by molar-refractivity contribution is -0.105. The highest BCUT2D eigenvalue weighted by Gasteiger charge is 2.22. The number of nitrogens with zero attached hydrogens (tertiary/aromatic N) is 4. The summed E-state index contributed by atoms with van der Waals surface area (Å²) in [7, 11) is 2.17. The van der Waals surface area contributed by atoms with Crippen LogP contribution in [0, 0.1) is 11.3 Å². The Bertz CT molecular complexity index is 1550. The Balaban J connectivity index is 1.32. The third kappa shape index (κ3) is 6.36. The molecule has 6 rings (SSSR count). The molecule has 1 atom stereocenters. The molecule has 2 aliphatic rings. The second-order valence-electron chi connectivity index (χ2n) is 10.6. The monoisotopic (exact) mass is 575 g/mol. The molecule has 0 spiro atoms. The van der Waals surface area contributed by atoms with Crippen molar-refractivity contribution in [2.45, 2.75) is 32.0 Å². The van der Waals surface area contributed by atoms with Crippen LogP contribution < -0.4 is 14.8 Å². The van der Waals surface area contributed by atoms with Gasteiger partial charge in [0.25, 0.3) is 0 Å². The van der Waals surface area contributed by atoms with Gasteiger partial charge in [-0.05, 0) is 38.4 Å². The van der Waals surface area contributed by atoms with E-state index in [1.54, 1.807) is 18.5 Å². The van der Waals surface area contributed by atoms with Crippen molar-refractivity contribution in [3.8, 4) is 17.6 Å². The van der Waals surface area contributed by atoms with Gasteiger partial charge in [0.05, 0.1) is 47.3 Å². The van der Waals surface area contributed by atoms with Crippen LogP contribution in [0.3, 0.4) is 0 Å². The van der Waals surface area contributed by atoms with Crippen molar-refractivity contribution in [3.05, 3.63) is 53.4 Å². The lowest BCUT2D eigenvalue weighted by Gasteiger charge is -2.32. The van der Waals surface area contributed by atoms with Gasteiger partial charge in [0.2, 0.25) is 0 Å². The minimum atomic E-state index is -0.384. The minimum absolute atomic E-state index is 0.379. The predicted octanol–water partition coefficient (Wildman–Crippen LogP) is 6.17. The Labute approximate surface area is 244 Å².